The van der Waals surface area contributed by atoms with Gasteiger partial charge in [-0.2, -0.15) is 0 Å². The van der Waals surface area contributed by atoms with Gasteiger partial charge >= 0.3 is 10.8 Å². The SMILES string of the molecule is CCOc1cc([C@H]2c3sc(=O)[nH]c3SC3C4CC(C5C(=O)N(C(C)C(=O)O)C(=O)C45)C32)ccc1OCC(=O)N1CCCCC1. The molecule has 2 saturated heterocycles. The number of piperidine rings is 1. The molecule has 1 aromatic heterocycles. The van der Waals surface area contributed by atoms with Crippen molar-refractivity contribution in [1.82, 2.24) is 14.8 Å². The Balaban J connectivity index is 1.22. The summed E-state index contributed by atoms with van der Waals surface area (Å²) in [4.78, 5) is 70.8. The summed E-state index contributed by atoms with van der Waals surface area (Å²) in [7, 11) is 0. The summed E-state index contributed by atoms with van der Waals surface area (Å²) < 4.78 is 12.0. The lowest BCUT2D eigenvalue weighted by atomic mass is 9.68. The molecular formula is C31H35N3O8S2. The second kappa shape index (κ2) is 11.2. The minimum Gasteiger partial charge on any atom is -0.490 e. The topological polar surface area (TPSA) is 146 Å². The lowest BCUT2D eigenvalue weighted by Gasteiger charge is -2.43. The van der Waals surface area contributed by atoms with Crippen LogP contribution in [-0.2, 0) is 19.2 Å². The quantitative estimate of drug-likeness (QED) is 0.415. The molecule has 1 aromatic carbocycles. The van der Waals surface area contributed by atoms with Crippen LogP contribution < -0.4 is 14.3 Å². The van der Waals surface area contributed by atoms with Crippen molar-refractivity contribution in [1.29, 1.82) is 0 Å². The highest BCUT2D eigenvalue weighted by Gasteiger charge is 2.70. The zero-order valence-electron chi connectivity index (χ0n) is 24.5. The number of carbonyl (C=O) groups is 4. The van der Waals surface area contributed by atoms with Gasteiger partial charge < -0.3 is 24.5 Å². The van der Waals surface area contributed by atoms with E-state index in [0.717, 1.165) is 64.1 Å². The number of rotatable bonds is 8. The molecule has 5 aliphatic rings. The number of aromatic amines is 1. The van der Waals surface area contributed by atoms with Crippen molar-refractivity contribution in [2.45, 2.75) is 61.8 Å². The summed E-state index contributed by atoms with van der Waals surface area (Å²) in [5, 5.41) is 10.4. The molecule has 2 aromatic rings. The summed E-state index contributed by atoms with van der Waals surface area (Å²) in [5.74, 6) is -2.67. The van der Waals surface area contributed by atoms with Gasteiger partial charge in [-0.25, -0.2) is 4.79 Å². The summed E-state index contributed by atoms with van der Waals surface area (Å²) in [6.45, 7) is 5.05. The van der Waals surface area contributed by atoms with Gasteiger partial charge in [-0.3, -0.25) is 24.1 Å². The van der Waals surface area contributed by atoms with Crippen LogP contribution >= 0.6 is 23.1 Å². The minimum atomic E-state index is -1.22. The molecule has 2 bridgehead atoms. The van der Waals surface area contributed by atoms with Crippen LogP contribution in [0.5, 0.6) is 11.5 Å². The number of nitrogens with one attached hydrogen (secondary N) is 1. The number of ether oxygens (including phenoxy) is 2. The zero-order chi connectivity index (χ0) is 30.9. The Hall–Kier alpha value is -3.32. The average Bonchev–Trinajstić information content (AvgIpc) is 3.75. The maximum absolute atomic E-state index is 13.6. The minimum absolute atomic E-state index is 0.0190. The third-order valence-electron chi connectivity index (χ3n) is 10.2. The number of carbonyl (C=O) groups excluding carboxylic acids is 3. The van der Waals surface area contributed by atoms with E-state index in [1.165, 1.54) is 6.92 Å². The van der Waals surface area contributed by atoms with Crippen LogP contribution in [0.25, 0.3) is 0 Å². The van der Waals surface area contributed by atoms with E-state index in [1.807, 2.05) is 30.0 Å². The Morgan fingerprint density at radius 1 is 1.05 bits per heavy atom. The second-order valence-corrected chi connectivity index (χ2v) is 14.6. The van der Waals surface area contributed by atoms with Crippen LogP contribution in [0.4, 0.5) is 0 Å². The summed E-state index contributed by atoms with van der Waals surface area (Å²) in [5.41, 5.74) is 0.909. The van der Waals surface area contributed by atoms with E-state index in [1.54, 1.807) is 11.8 Å². The third kappa shape index (κ3) is 4.57. The molecule has 4 fully saturated rings. The fourth-order valence-electron chi connectivity index (χ4n) is 8.38. The highest BCUT2D eigenvalue weighted by molar-refractivity contribution is 8.00. The van der Waals surface area contributed by atoms with E-state index < -0.39 is 29.8 Å². The standard InChI is InChI=1S/C31H35N3O8S2/c1-3-41-19-11-15(7-8-18(19)42-13-20(35)33-9-5-4-6-10-33)21-22-16-12-17(25(22)43-27-26(21)44-31(40)32-27)24-23(16)28(36)34(29(24)37)14(2)30(38)39/h7-8,11,14,16-17,21-25H,3-6,9-10,12-13H2,1-2H3,(H,32,40)(H,38,39)/t14?,16?,17?,21-,22?,23?,24?,25?/m1/s1. The van der Waals surface area contributed by atoms with Crippen LogP contribution in [0.1, 0.15) is 55.9 Å². The summed E-state index contributed by atoms with van der Waals surface area (Å²) in [6.07, 6.45) is 3.84. The third-order valence-corrected chi connectivity index (χ3v) is 12.8. The number of aliphatic carboxylic acids is 1. The van der Waals surface area contributed by atoms with Crippen molar-refractivity contribution in [2.24, 2.45) is 29.6 Å². The van der Waals surface area contributed by atoms with E-state index >= 15 is 0 Å². The Bertz CT molecular complexity index is 1580. The number of imide groups is 1. The molecule has 2 N–H and O–H groups in total. The highest BCUT2D eigenvalue weighted by Crippen LogP contribution is 2.68. The number of fused-ring (bicyclic) bond motifs is 9. The number of thioether (sulfide) groups is 1. The van der Waals surface area contributed by atoms with Gasteiger partial charge in [0.1, 0.15) is 6.04 Å². The van der Waals surface area contributed by atoms with Crippen LogP contribution in [-0.4, -0.2) is 81.2 Å². The monoisotopic (exact) mass is 641 g/mol. The largest absolute Gasteiger partial charge is 0.490 e. The zero-order valence-corrected chi connectivity index (χ0v) is 26.2. The molecule has 3 aliphatic heterocycles. The lowest BCUT2D eigenvalue weighted by molar-refractivity contribution is -0.154. The Morgan fingerprint density at radius 2 is 1.77 bits per heavy atom. The number of benzene rings is 1. The van der Waals surface area contributed by atoms with Gasteiger partial charge in [-0.1, -0.05) is 17.4 Å². The fourth-order valence-corrected chi connectivity index (χ4v) is 11.3. The lowest BCUT2D eigenvalue weighted by Crippen LogP contribution is -2.44. The van der Waals surface area contributed by atoms with Gasteiger partial charge in [0.2, 0.25) is 11.8 Å². The molecule has 3 amide bonds. The average molecular weight is 642 g/mol. The number of amides is 3. The number of carboxylic acid groups (broad SMARTS) is 1. The Labute approximate surface area is 262 Å². The molecular weight excluding hydrogens is 606 g/mol. The number of hydrogen-bond acceptors (Lipinski definition) is 9. The number of aromatic nitrogens is 1. The van der Waals surface area contributed by atoms with Crippen LogP contribution in [0.3, 0.4) is 0 Å². The van der Waals surface area contributed by atoms with Gasteiger partial charge in [-0.15, -0.1) is 11.8 Å². The fraction of sp³-hybridized carbons (Fsp3) is 0.581. The molecule has 13 heteroatoms. The van der Waals surface area contributed by atoms with Gasteiger partial charge in [0, 0.05) is 29.1 Å². The van der Waals surface area contributed by atoms with Gasteiger partial charge in [0.25, 0.3) is 5.91 Å². The number of likely N-dealkylation sites (tertiary alicyclic amines) is 2. The molecule has 7 unspecified atom stereocenters. The number of hydrogen-bond donors (Lipinski definition) is 2. The first-order valence-corrected chi connectivity index (χ1v) is 17.1. The van der Waals surface area contributed by atoms with Crippen LogP contribution in [0.15, 0.2) is 28.0 Å². The first kappa shape index (κ1) is 29.4. The maximum atomic E-state index is 13.6. The first-order valence-electron chi connectivity index (χ1n) is 15.4. The van der Waals surface area contributed by atoms with Crippen molar-refractivity contribution in [3.05, 3.63) is 38.3 Å². The van der Waals surface area contributed by atoms with Crippen LogP contribution in [0.2, 0.25) is 0 Å². The predicted octanol–water partition coefficient (Wildman–Crippen LogP) is 3.17. The maximum Gasteiger partial charge on any atom is 0.326 e. The number of H-pyrrole nitrogens is 1. The first-order chi connectivity index (χ1) is 21.2. The Morgan fingerprint density at radius 3 is 2.48 bits per heavy atom. The van der Waals surface area contributed by atoms with E-state index in [-0.39, 0.29) is 52.2 Å². The highest BCUT2D eigenvalue weighted by atomic mass is 32.2. The molecule has 11 nitrogen and oxygen atoms in total. The van der Waals surface area contributed by atoms with Gasteiger partial charge in [0.15, 0.2) is 18.1 Å². The molecule has 44 heavy (non-hydrogen) atoms. The predicted molar refractivity (Wildman–Crippen MR) is 161 cm³/mol. The molecule has 4 heterocycles. The Kier molecular flexibility index (Phi) is 7.51. The van der Waals surface area contributed by atoms with Crippen LogP contribution in [0, 0.1) is 29.6 Å². The number of nitrogens with zero attached hydrogens (tertiary/aromatic N) is 2. The molecule has 0 spiro atoms. The van der Waals surface area contributed by atoms with E-state index in [9.17, 15) is 29.1 Å². The summed E-state index contributed by atoms with van der Waals surface area (Å²) >= 11 is 2.74. The summed E-state index contributed by atoms with van der Waals surface area (Å²) in [6, 6.07) is 4.46. The molecule has 2 saturated carbocycles. The van der Waals surface area contributed by atoms with E-state index in [4.69, 9.17) is 9.47 Å². The number of thiazole rings is 1. The molecule has 0 radical (unpaired) electrons. The van der Waals surface area contributed by atoms with E-state index in [2.05, 4.69) is 4.98 Å². The normalized spacial score (nSPS) is 31.0. The smallest absolute Gasteiger partial charge is 0.326 e. The van der Waals surface area contributed by atoms with Crippen molar-refractivity contribution in [3.8, 4) is 11.5 Å². The molecule has 8 atom stereocenters. The molecule has 2 aliphatic carbocycles. The van der Waals surface area contributed by atoms with Crippen molar-refractivity contribution in [2.75, 3.05) is 26.3 Å². The van der Waals surface area contributed by atoms with Crippen molar-refractivity contribution in [3.63, 3.8) is 0 Å². The van der Waals surface area contributed by atoms with Gasteiger partial charge in [-0.05, 0) is 75.0 Å². The molecule has 7 rings (SSSR count). The van der Waals surface area contributed by atoms with Crippen molar-refractivity contribution >= 4 is 46.8 Å². The molecule has 234 valence electrons. The second-order valence-electron chi connectivity index (χ2n) is 12.4. The number of carboxylic acids is 1. The van der Waals surface area contributed by atoms with Crippen molar-refractivity contribution < 1.29 is 33.8 Å². The van der Waals surface area contributed by atoms with E-state index in [0.29, 0.717) is 24.5 Å². The van der Waals surface area contributed by atoms with Gasteiger partial charge in [0.05, 0.1) is 23.5 Å².